The van der Waals surface area contributed by atoms with Gasteiger partial charge in [-0.05, 0) is 95.1 Å². The van der Waals surface area contributed by atoms with E-state index in [9.17, 15) is 9.59 Å². The number of allylic oxidation sites excluding steroid dienone is 12. The normalized spacial score (nSPS) is 16.8. The Morgan fingerprint density at radius 1 is 0.593 bits per heavy atom. The summed E-state index contributed by atoms with van der Waals surface area (Å²) in [4.78, 5) is 45.4. The first kappa shape index (κ1) is 37.0. The minimum atomic E-state index is -0.998. The Hall–Kier alpha value is -7.63. The van der Waals surface area contributed by atoms with Gasteiger partial charge in [-0.3, -0.25) is 10.1 Å². The number of aliphatic imine (C=N–C) groups is 3. The number of quaternary nitrogens is 1. The first-order valence-corrected chi connectivity index (χ1v) is 19.3. The van der Waals surface area contributed by atoms with Gasteiger partial charge in [0.2, 0.25) is 0 Å². The summed E-state index contributed by atoms with van der Waals surface area (Å²) in [6, 6.07) is 20.2. The van der Waals surface area contributed by atoms with Gasteiger partial charge in [0.05, 0.1) is 47.1 Å². The second-order valence-corrected chi connectivity index (χ2v) is 14.8. The standard InChI is InChI=1S/C48H38N8O3/c1-54-24-18-31(19-25-54)46-37-10-8-35(50-37)45(30-4-6-34(7-5-30)49-43(57)16-17-44(58)59)36-9-11-38(51-36)47(32-20-26-55(2)27-21-32)40-13-15-42(53-40)48(41-14-12-39(46)52-41)33-22-28-56(3)29-23-33/h4-15,18-29H,16-17H2,1-3H3,(H-2,49,50,51,52,53,57,58,59)/p+3. The average molecular weight is 778 g/mol. The molecule has 4 N–H and O–H groups in total. The van der Waals surface area contributed by atoms with Gasteiger partial charge in [0.25, 0.3) is 0 Å². The molecule has 5 aliphatic heterocycles. The van der Waals surface area contributed by atoms with Gasteiger partial charge in [-0.15, -0.1) is 0 Å². The van der Waals surface area contributed by atoms with Crippen molar-refractivity contribution in [2.45, 2.75) is 12.8 Å². The SMILES string of the molecule is CN1C=CC(=C2C3=NC(=C(c4cc[n+](C)cc4)C4=NC(=C(c5cc[n+](C)cc5)C5=NC(=C(c6ccc([NH2+]C(=O)CCC(=O)O)cc6)c6ccc2[nH]6)C=C5)C=C4)C=C3)C=C1. The molecule has 0 saturated heterocycles. The summed E-state index contributed by atoms with van der Waals surface area (Å²) in [6.45, 7) is 0. The lowest BCUT2D eigenvalue weighted by molar-refractivity contribution is -0.671. The van der Waals surface area contributed by atoms with E-state index in [4.69, 9.17) is 20.1 Å². The van der Waals surface area contributed by atoms with Crippen LogP contribution in [0.4, 0.5) is 5.69 Å². The van der Waals surface area contributed by atoms with E-state index in [0.717, 1.165) is 90.2 Å². The lowest BCUT2D eigenvalue weighted by Gasteiger charge is -2.16. The summed E-state index contributed by atoms with van der Waals surface area (Å²) in [5.41, 5.74) is 14.7. The number of nitrogens with zero attached hydrogens (tertiary/aromatic N) is 6. The van der Waals surface area contributed by atoms with Crippen LogP contribution in [0.5, 0.6) is 0 Å². The number of rotatable bonds is 7. The van der Waals surface area contributed by atoms with Crippen LogP contribution in [-0.4, -0.2) is 51.0 Å². The number of H-pyrrole nitrogens is 1. The van der Waals surface area contributed by atoms with Crippen molar-refractivity contribution < 1.29 is 29.1 Å². The maximum atomic E-state index is 12.5. The smallest absolute Gasteiger partial charge is 0.316 e. The van der Waals surface area contributed by atoms with E-state index in [1.165, 1.54) is 5.32 Å². The molecule has 288 valence electrons. The third kappa shape index (κ3) is 7.50. The van der Waals surface area contributed by atoms with Crippen LogP contribution in [0.1, 0.15) is 40.9 Å². The first-order chi connectivity index (χ1) is 28.7. The number of amides is 1. The fraction of sp³-hybridized carbons (Fsp3) is 0.104. The van der Waals surface area contributed by atoms with Crippen molar-refractivity contribution in [2.75, 3.05) is 7.05 Å². The molecule has 0 aliphatic carbocycles. The molecule has 0 saturated carbocycles. The minimum absolute atomic E-state index is 0.0547. The van der Waals surface area contributed by atoms with E-state index in [1.54, 1.807) is 0 Å². The number of benzene rings is 1. The number of primary amides is 1. The number of aryl methyl sites for hydroxylation is 2. The average Bonchev–Trinajstić information content (AvgIpc) is 4.08. The van der Waals surface area contributed by atoms with Gasteiger partial charge in [-0.2, -0.15) is 0 Å². The summed E-state index contributed by atoms with van der Waals surface area (Å²) in [5.74, 6) is -1.23. The topological polar surface area (TPSA) is 135 Å². The monoisotopic (exact) mass is 777 g/mol. The largest absolute Gasteiger partial charge is 0.481 e. The lowest BCUT2D eigenvalue weighted by atomic mass is 9.99. The molecule has 9 rings (SSSR count). The molecule has 0 spiro atoms. The van der Waals surface area contributed by atoms with Gasteiger partial charge >= 0.3 is 11.9 Å². The molecule has 5 aliphatic rings. The predicted molar refractivity (Wildman–Crippen MR) is 228 cm³/mol. The van der Waals surface area contributed by atoms with Crippen molar-refractivity contribution in [1.82, 2.24) is 9.88 Å². The zero-order chi connectivity index (χ0) is 40.6. The fourth-order valence-electron chi connectivity index (χ4n) is 7.58. The molecule has 3 aromatic heterocycles. The van der Waals surface area contributed by atoms with Crippen LogP contribution >= 0.6 is 0 Å². The van der Waals surface area contributed by atoms with E-state index in [0.29, 0.717) is 5.69 Å². The maximum absolute atomic E-state index is 12.5. The molecule has 8 bridgehead atoms. The first-order valence-electron chi connectivity index (χ1n) is 19.3. The van der Waals surface area contributed by atoms with E-state index < -0.39 is 5.97 Å². The van der Waals surface area contributed by atoms with E-state index in [1.807, 2.05) is 109 Å². The second-order valence-electron chi connectivity index (χ2n) is 14.8. The predicted octanol–water partition coefficient (Wildman–Crippen LogP) is 5.60. The van der Waals surface area contributed by atoms with Crippen molar-refractivity contribution in [3.05, 3.63) is 197 Å². The number of fused-ring (bicyclic) bond motifs is 5. The minimum Gasteiger partial charge on any atom is -0.481 e. The number of carboxylic acid groups (broad SMARTS) is 1. The highest BCUT2D eigenvalue weighted by molar-refractivity contribution is 6.37. The molecule has 0 unspecified atom stereocenters. The number of carbonyl (C=O) groups is 2. The Balaban J connectivity index is 1.27. The molecule has 11 nitrogen and oxygen atoms in total. The Morgan fingerprint density at radius 2 is 1.05 bits per heavy atom. The summed E-state index contributed by atoms with van der Waals surface area (Å²) >= 11 is 0. The molecule has 8 heterocycles. The van der Waals surface area contributed by atoms with E-state index in [-0.39, 0.29) is 18.7 Å². The summed E-state index contributed by atoms with van der Waals surface area (Å²) in [7, 11) is 6.00. The highest BCUT2D eigenvalue weighted by atomic mass is 16.4. The van der Waals surface area contributed by atoms with Crippen LogP contribution < -0.4 is 14.5 Å². The van der Waals surface area contributed by atoms with Crippen LogP contribution in [0, 0.1) is 0 Å². The second kappa shape index (κ2) is 15.4. The van der Waals surface area contributed by atoms with Crippen LogP contribution in [0.25, 0.3) is 22.3 Å². The van der Waals surface area contributed by atoms with Gasteiger partial charge in [0, 0.05) is 89.5 Å². The molecule has 1 aromatic carbocycles. The third-order valence-electron chi connectivity index (χ3n) is 10.6. The molecule has 11 heteroatoms. The Morgan fingerprint density at radius 3 is 1.56 bits per heavy atom. The Labute approximate surface area is 341 Å². The summed E-state index contributed by atoms with van der Waals surface area (Å²) in [6.07, 6.45) is 28.5. The van der Waals surface area contributed by atoms with Crippen molar-refractivity contribution in [3.63, 3.8) is 0 Å². The molecule has 4 aromatic rings. The number of carbonyl (C=O) groups excluding carboxylic acids is 1. The van der Waals surface area contributed by atoms with Gasteiger partial charge in [0.15, 0.2) is 24.8 Å². The number of aromatic amines is 1. The summed E-state index contributed by atoms with van der Waals surface area (Å²) < 4.78 is 4.02. The van der Waals surface area contributed by atoms with Gasteiger partial charge in [-0.1, -0.05) is 0 Å². The molecule has 59 heavy (non-hydrogen) atoms. The zero-order valence-electron chi connectivity index (χ0n) is 32.8. The molecule has 0 fully saturated rings. The molecular weight excluding hydrogens is 737 g/mol. The van der Waals surface area contributed by atoms with Crippen molar-refractivity contribution >= 4 is 57.0 Å². The van der Waals surface area contributed by atoms with Crippen LogP contribution in [0.3, 0.4) is 0 Å². The molecule has 0 radical (unpaired) electrons. The number of pyridine rings is 2. The number of aromatic nitrogens is 3. The Bertz CT molecular complexity index is 2820. The number of aliphatic carboxylic acids is 1. The number of carboxylic acids is 1. The van der Waals surface area contributed by atoms with Gasteiger partial charge in [0.1, 0.15) is 19.8 Å². The van der Waals surface area contributed by atoms with Crippen molar-refractivity contribution in [1.29, 1.82) is 0 Å². The molecular formula is C48H41N8O3+3. The van der Waals surface area contributed by atoms with E-state index in [2.05, 4.69) is 77.8 Å². The number of nitrogens with one attached hydrogen (secondary N) is 1. The van der Waals surface area contributed by atoms with Crippen molar-refractivity contribution in [2.24, 2.45) is 29.1 Å². The highest BCUT2D eigenvalue weighted by Crippen LogP contribution is 2.38. The third-order valence-corrected chi connectivity index (χ3v) is 10.6. The fourth-order valence-corrected chi connectivity index (χ4v) is 7.58. The zero-order valence-corrected chi connectivity index (χ0v) is 32.8. The quantitative estimate of drug-likeness (QED) is 0.166. The maximum Gasteiger partial charge on any atom is 0.316 e. The van der Waals surface area contributed by atoms with Gasteiger partial charge in [-0.25, -0.2) is 28.9 Å². The van der Waals surface area contributed by atoms with Crippen molar-refractivity contribution in [3.8, 4) is 0 Å². The summed E-state index contributed by atoms with van der Waals surface area (Å²) in [5, 5.41) is 10.6. The van der Waals surface area contributed by atoms with Crippen LogP contribution in [-0.2, 0) is 23.7 Å². The lowest BCUT2D eigenvalue weighted by Crippen LogP contribution is -2.82. The Kier molecular flexibility index (Phi) is 9.63. The van der Waals surface area contributed by atoms with E-state index >= 15 is 0 Å². The number of hydrogen-bond donors (Lipinski definition) is 3. The van der Waals surface area contributed by atoms with Gasteiger partial charge < -0.3 is 15.0 Å². The number of hydrogen-bond acceptors (Lipinski definition) is 6. The molecule has 1 amide bonds. The van der Waals surface area contributed by atoms with Crippen LogP contribution in [0.2, 0.25) is 0 Å². The number of nitrogens with two attached hydrogens (primary N) is 1. The van der Waals surface area contributed by atoms with Crippen LogP contribution in [0.15, 0.2) is 184 Å². The highest BCUT2D eigenvalue weighted by Gasteiger charge is 2.27. The molecule has 0 atom stereocenters.